The Morgan fingerprint density at radius 3 is 2.41 bits per heavy atom. The highest BCUT2D eigenvalue weighted by atomic mass is 16.5. The molecule has 0 spiro atoms. The Balaban J connectivity index is 1.47. The van der Waals surface area contributed by atoms with Gasteiger partial charge in [-0.1, -0.05) is 24.3 Å². The first-order chi connectivity index (χ1) is 14.0. The molecule has 2 aromatic carbocycles. The number of aryl methyl sites for hydroxylation is 1. The summed E-state index contributed by atoms with van der Waals surface area (Å²) in [5.41, 5.74) is 4.95. The van der Waals surface area contributed by atoms with E-state index in [9.17, 15) is 9.59 Å². The number of carbonyl (C=O) groups excluding carboxylic acids is 2. The topological polar surface area (TPSA) is 64.3 Å². The molecule has 29 heavy (non-hydrogen) atoms. The molecule has 3 N–H and O–H groups in total. The van der Waals surface area contributed by atoms with Gasteiger partial charge in [0, 0.05) is 11.3 Å². The molecule has 6 nitrogen and oxygen atoms in total. The van der Waals surface area contributed by atoms with Gasteiger partial charge in [-0.05, 0) is 43.2 Å². The van der Waals surface area contributed by atoms with Crippen molar-refractivity contribution in [2.75, 3.05) is 45.2 Å². The maximum absolute atomic E-state index is 12.5. The van der Waals surface area contributed by atoms with Gasteiger partial charge in [0.2, 0.25) is 0 Å². The van der Waals surface area contributed by atoms with Crippen molar-refractivity contribution in [2.24, 2.45) is 0 Å². The second-order valence-corrected chi connectivity index (χ2v) is 7.84. The van der Waals surface area contributed by atoms with Crippen LogP contribution in [0.4, 0.5) is 5.69 Å². The number of hydrogen-bond donors (Lipinski definition) is 3. The predicted octanol–water partition coefficient (Wildman–Crippen LogP) is 0.0121. The third-order valence-electron chi connectivity index (χ3n) is 5.76. The van der Waals surface area contributed by atoms with E-state index in [-0.39, 0.29) is 11.9 Å². The van der Waals surface area contributed by atoms with Crippen LogP contribution in [0.25, 0.3) is 0 Å². The lowest BCUT2D eigenvalue weighted by Gasteiger charge is -2.29. The van der Waals surface area contributed by atoms with Crippen LogP contribution in [-0.2, 0) is 16.1 Å². The molecule has 154 valence electrons. The molecular weight excluding hydrogens is 366 g/mol. The van der Waals surface area contributed by atoms with E-state index in [0.29, 0.717) is 12.1 Å². The molecule has 1 saturated heterocycles. The van der Waals surface area contributed by atoms with E-state index in [1.807, 2.05) is 31.2 Å². The van der Waals surface area contributed by atoms with Crippen LogP contribution in [0.2, 0.25) is 0 Å². The highest BCUT2D eigenvalue weighted by Gasteiger charge is 2.25. The fourth-order valence-corrected chi connectivity index (χ4v) is 3.83. The monoisotopic (exact) mass is 397 g/mol. The van der Waals surface area contributed by atoms with Crippen LogP contribution < -0.4 is 15.1 Å². The van der Waals surface area contributed by atoms with Crippen LogP contribution in [0.15, 0.2) is 42.5 Å². The van der Waals surface area contributed by atoms with Crippen LogP contribution in [0.5, 0.6) is 0 Å². The summed E-state index contributed by atoms with van der Waals surface area (Å²) in [6, 6.07) is 13.6. The number of rotatable bonds is 6. The fourth-order valence-electron chi connectivity index (χ4n) is 3.83. The zero-order valence-electron chi connectivity index (χ0n) is 17.5. The molecule has 1 heterocycles. The summed E-state index contributed by atoms with van der Waals surface area (Å²) in [4.78, 5) is 27.0. The molecule has 1 fully saturated rings. The van der Waals surface area contributed by atoms with Gasteiger partial charge < -0.3 is 19.9 Å². The van der Waals surface area contributed by atoms with Crippen LogP contribution in [0, 0.1) is 13.8 Å². The molecule has 6 heteroatoms. The molecule has 2 aromatic rings. The number of amides is 1. The molecule has 0 atom stereocenters. The number of methoxy groups -OCH3 is 1. The second kappa shape index (κ2) is 9.67. The molecule has 0 bridgehead atoms. The number of piperazine rings is 1. The van der Waals surface area contributed by atoms with E-state index < -0.39 is 0 Å². The SMILES string of the molecule is COC(=O)c1cccc(C[NH+]2CC[NH+](CC(=O)Nc3cccc(C)c3C)CC2)c1. The molecule has 1 amide bonds. The van der Waals surface area contributed by atoms with Crippen molar-refractivity contribution < 1.29 is 24.1 Å². The number of anilines is 1. The lowest BCUT2D eigenvalue weighted by molar-refractivity contribution is -1.02. The van der Waals surface area contributed by atoms with Crippen molar-refractivity contribution in [3.63, 3.8) is 0 Å². The summed E-state index contributed by atoms with van der Waals surface area (Å²) in [6.07, 6.45) is 0. The third kappa shape index (κ3) is 5.65. The number of ether oxygens (including phenoxy) is 1. The Bertz CT molecular complexity index is 873. The first kappa shape index (κ1) is 21.0. The van der Waals surface area contributed by atoms with Crippen LogP contribution in [0.1, 0.15) is 27.0 Å². The Hall–Kier alpha value is -2.70. The van der Waals surface area contributed by atoms with Crippen molar-refractivity contribution in [1.29, 1.82) is 0 Å². The number of benzene rings is 2. The Labute approximate surface area is 172 Å². The summed E-state index contributed by atoms with van der Waals surface area (Å²) in [5.74, 6) is -0.228. The second-order valence-electron chi connectivity index (χ2n) is 7.84. The number of esters is 1. The summed E-state index contributed by atoms with van der Waals surface area (Å²) in [7, 11) is 1.40. The number of nitrogens with one attached hydrogen (secondary N) is 3. The average Bonchev–Trinajstić information content (AvgIpc) is 2.72. The van der Waals surface area contributed by atoms with Crippen molar-refractivity contribution in [2.45, 2.75) is 20.4 Å². The van der Waals surface area contributed by atoms with Crippen molar-refractivity contribution in [3.8, 4) is 0 Å². The van der Waals surface area contributed by atoms with Crippen LogP contribution in [0.3, 0.4) is 0 Å². The smallest absolute Gasteiger partial charge is 0.337 e. The van der Waals surface area contributed by atoms with Crippen molar-refractivity contribution >= 4 is 17.6 Å². The zero-order valence-corrected chi connectivity index (χ0v) is 17.5. The maximum Gasteiger partial charge on any atom is 0.337 e. The van der Waals surface area contributed by atoms with Gasteiger partial charge >= 0.3 is 5.97 Å². The van der Waals surface area contributed by atoms with E-state index in [1.54, 1.807) is 6.07 Å². The molecule has 0 aromatic heterocycles. The van der Waals surface area contributed by atoms with E-state index in [1.165, 1.54) is 22.5 Å². The highest BCUT2D eigenvalue weighted by Crippen LogP contribution is 2.17. The largest absolute Gasteiger partial charge is 0.465 e. The van der Waals surface area contributed by atoms with Gasteiger partial charge in [0.1, 0.15) is 32.7 Å². The maximum atomic E-state index is 12.5. The Kier molecular flexibility index (Phi) is 7.01. The lowest BCUT2D eigenvalue weighted by atomic mass is 10.1. The summed E-state index contributed by atoms with van der Waals surface area (Å²) in [5, 5.41) is 3.06. The molecule has 0 radical (unpaired) electrons. The minimum absolute atomic E-state index is 0.0722. The van der Waals surface area contributed by atoms with Gasteiger partial charge in [0.05, 0.1) is 12.7 Å². The minimum Gasteiger partial charge on any atom is -0.465 e. The van der Waals surface area contributed by atoms with Crippen molar-refractivity contribution in [1.82, 2.24) is 0 Å². The van der Waals surface area contributed by atoms with E-state index in [2.05, 4.69) is 24.4 Å². The normalized spacial score (nSPS) is 18.9. The zero-order chi connectivity index (χ0) is 20.8. The quantitative estimate of drug-likeness (QED) is 0.602. The number of hydrogen-bond acceptors (Lipinski definition) is 3. The van der Waals surface area contributed by atoms with E-state index in [4.69, 9.17) is 4.74 Å². The third-order valence-corrected chi connectivity index (χ3v) is 5.76. The van der Waals surface area contributed by atoms with Gasteiger partial charge in [-0.2, -0.15) is 0 Å². The van der Waals surface area contributed by atoms with Gasteiger partial charge in [0.15, 0.2) is 6.54 Å². The number of carbonyl (C=O) groups is 2. The average molecular weight is 398 g/mol. The predicted molar refractivity (Wildman–Crippen MR) is 112 cm³/mol. The Morgan fingerprint density at radius 1 is 1.00 bits per heavy atom. The number of quaternary nitrogens is 2. The van der Waals surface area contributed by atoms with Gasteiger partial charge in [-0.3, -0.25) is 4.79 Å². The van der Waals surface area contributed by atoms with E-state index >= 15 is 0 Å². The minimum atomic E-state index is -0.300. The Morgan fingerprint density at radius 2 is 1.69 bits per heavy atom. The molecule has 0 aliphatic carbocycles. The molecular formula is C23H31N3O3+2. The highest BCUT2D eigenvalue weighted by molar-refractivity contribution is 5.92. The van der Waals surface area contributed by atoms with Gasteiger partial charge in [0.25, 0.3) is 5.91 Å². The molecule has 1 aliphatic heterocycles. The first-order valence-electron chi connectivity index (χ1n) is 10.2. The van der Waals surface area contributed by atoms with Gasteiger partial charge in [-0.15, -0.1) is 0 Å². The summed E-state index contributed by atoms with van der Waals surface area (Å²) >= 11 is 0. The molecule has 1 aliphatic rings. The molecule has 0 unspecified atom stereocenters. The molecule has 3 rings (SSSR count). The van der Waals surface area contributed by atoms with Crippen LogP contribution >= 0.6 is 0 Å². The summed E-state index contributed by atoms with van der Waals surface area (Å²) in [6.45, 7) is 9.42. The first-order valence-corrected chi connectivity index (χ1v) is 10.2. The van der Waals surface area contributed by atoms with E-state index in [0.717, 1.165) is 49.5 Å². The molecule has 0 saturated carbocycles. The van der Waals surface area contributed by atoms with Crippen LogP contribution in [-0.4, -0.2) is 51.7 Å². The fraction of sp³-hybridized carbons (Fsp3) is 0.391. The van der Waals surface area contributed by atoms with Gasteiger partial charge in [-0.25, -0.2) is 4.79 Å². The summed E-state index contributed by atoms with van der Waals surface area (Å²) < 4.78 is 4.80. The van der Waals surface area contributed by atoms with Crippen molar-refractivity contribution in [3.05, 3.63) is 64.7 Å². The standard InChI is InChI=1S/C23H29N3O3/c1-17-6-4-9-21(18(17)2)24-22(27)16-26-12-10-25(11-13-26)15-19-7-5-8-20(14-19)23(28)29-3/h4-9,14H,10-13,15-16H2,1-3H3,(H,24,27)/p+2. The lowest BCUT2D eigenvalue weighted by Crippen LogP contribution is -3.28.